The normalized spacial score (nSPS) is 19.1. The number of piperidine rings is 1. The second-order valence-electron chi connectivity index (χ2n) is 7.15. The third-order valence-electron chi connectivity index (χ3n) is 5.11. The average Bonchev–Trinajstić information content (AvgIpc) is 3.20. The second kappa shape index (κ2) is 8.53. The highest BCUT2D eigenvalue weighted by Crippen LogP contribution is 2.30. The van der Waals surface area contributed by atoms with Gasteiger partial charge in [-0.3, -0.25) is 9.78 Å². The molecule has 0 radical (unpaired) electrons. The zero-order valence-corrected chi connectivity index (χ0v) is 16.7. The monoisotopic (exact) mass is 432 g/mol. The number of anilines is 1. The summed E-state index contributed by atoms with van der Waals surface area (Å²) in [5.41, 5.74) is 7.19. The van der Waals surface area contributed by atoms with Crippen molar-refractivity contribution in [3.05, 3.63) is 64.9 Å². The molecule has 9 heteroatoms. The zero-order valence-electron chi connectivity index (χ0n) is 15.9. The first-order valence-electron chi connectivity index (χ1n) is 9.44. The lowest BCUT2D eigenvalue weighted by molar-refractivity contribution is 0.0989. The van der Waals surface area contributed by atoms with E-state index >= 15 is 0 Å². The number of carbonyl (C=O) groups excluding carboxylic acids is 1. The number of hydrogen-bond acceptors (Lipinski definition) is 6. The van der Waals surface area contributed by atoms with Crippen molar-refractivity contribution < 1.29 is 18.0 Å². The highest BCUT2D eigenvalue weighted by Gasteiger charge is 2.28. The lowest BCUT2D eigenvalue weighted by Crippen LogP contribution is -2.50. The number of alkyl halides is 1. The molecule has 0 spiro atoms. The van der Waals surface area contributed by atoms with Gasteiger partial charge in [-0.1, -0.05) is 6.07 Å². The number of Topliss-reactive ketones (excluding diaryl/α,β-unsaturated/α-hetero) is 1. The summed E-state index contributed by atoms with van der Waals surface area (Å²) in [5, 5.41) is 1.60. The minimum absolute atomic E-state index is 0.0108. The molecule has 0 saturated carbocycles. The van der Waals surface area contributed by atoms with E-state index in [1.165, 1.54) is 11.4 Å². The third kappa shape index (κ3) is 4.08. The van der Waals surface area contributed by atoms with Gasteiger partial charge in [0.15, 0.2) is 5.78 Å². The molecule has 0 bridgehead atoms. The van der Waals surface area contributed by atoms with Gasteiger partial charge in [-0.2, -0.15) is 0 Å². The Hall–Kier alpha value is -2.78. The Kier molecular flexibility index (Phi) is 5.83. The molecule has 2 aromatic heterocycles. The Morgan fingerprint density at radius 3 is 2.77 bits per heavy atom. The second-order valence-corrected chi connectivity index (χ2v) is 8.01. The summed E-state index contributed by atoms with van der Waals surface area (Å²) in [4.78, 5) is 23.0. The molecule has 1 fully saturated rings. The number of aromatic nitrogens is 2. The number of ketones is 1. The van der Waals surface area contributed by atoms with Gasteiger partial charge in [0.25, 0.3) is 0 Å². The highest BCUT2D eigenvalue weighted by molar-refractivity contribution is 7.13. The zero-order chi connectivity index (χ0) is 21.3. The molecule has 0 unspecified atom stereocenters. The van der Waals surface area contributed by atoms with Crippen molar-refractivity contribution in [1.82, 2.24) is 9.97 Å². The summed E-state index contributed by atoms with van der Waals surface area (Å²) in [7, 11) is 0. The molecule has 3 aromatic rings. The Morgan fingerprint density at radius 2 is 2.03 bits per heavy atom. The van der Waals surface area contributed by atoms with Gasteiger partial charge >= 0.3 is 0 Å². The predicted octanol–water partition coefficient (Wildman–Crippen LogP) is 3.78. The van der Waals surface area contributed by atoms with E-state index in [2.05, 4.69) is 9.97 Å². The first-order valence-corrected chi connectivity index (χ1v) is 10.3. The molecule has 2 N–H and O–H groups in total. The topological polar surface area (TPSA) is 72.1 Å². The van der Waals surface area contributed by atoms with Gasteiger partial charge in [-0.25, -0.2) is 18.2 Å². The number of halogens is 3. The van der Waals surface area contributed by atoms with E-state index in [-0.39, 0.29) is 28.5 Å². The summed E-state index contributed by atoms with van der Waals surface area (Å²) in [6.45, 7) is 0.841. The molecule has 4 rings (SSSR count). The van der Waals surface area contributed by atoms with Gasteiger partial charge in [-0.05, 0) is 24.6 Å². The Bertz CT molecular complexity index is 1050. The SMILES string of the molecule is N[C@@H]1CN(c2ccncc2CC(=O)c2csc(-c3c(F)cccc3F)n2)CC[C@H]1F. The van der Waals surface area contributed by atoms with Crippen LogP contribution in [0, 0.1) is 11.6 Å². The van der Waals surface area contributed by atoms with Crippen LogP contribution in [0.5, 0.6) is 0 Å². The maximum atomic E-state index is 14.0. The van der Waals surface area contributed by atoms with Crippen LogP contribution in [0.15, 0.2) is 42.0 Å². The third-order valence-corrected chi connectivity index (χ3v) is 5.97. The van der Waals surface area contributed by atoms with E-state index in [4.69, 9.17) is 5.73 Å². The molecule has 2 atom stereocenters. The molecule has 30 heavy (non-hydrogen) atoms. The van der Waals surface area contributed by atoms with Crippen LogP contribution in [0.3, 0.4) is 0 Å². The van der Waals surface area contributed by atoms with Crippen molar-refractivity contribution >= 4 is 22.8 Å². The van der Waals surface area contributed by atoms with Gasteiger partial charge < -0.3 is 10.6 Å². The Labute approximate surface area is 175 Å². The van der Waals surface area contributed by atoms with Crippen molar-refractivity contribution in [3.63, 3.8) is 0 Å². The van der Waals surface area contributed by atoms with Crippen LogP contribution >= 0.6 is 11.3 Å². The van der Waals surface area contributed by atoms with E-state index in [1.54, 1.807) is 18.5 Å². The van der Waals surface area contributed by atoms with E-state index in [0.717, 1.165) is 29.2 Å². The van der Waals surface area contributed by atoms with Crippen LogP contribution in [-0.2, 0) is 6.42 Å². The van der Waals surface area contributed by atoms with E-state index in [0.29, 0.717) is 25.1 Å². The van der Waals surface area contributed by atoms with Crippen LogP contribution in [-0.4, -0.2) is 41.1 Å². The minimum atomic E-state index is -1.04. The van der Waals surface area contributed by atoms with E-state index in [9.17, 15) is 18.0 Å². The van der Waals surface area contributed by atoms with Crippen LogP contribution < -0.4 is 10.6 Å². The Morgan fingerprint density at radius 1 is 1.27 bits per heavy atom. The molecule has 0 amide bonds. The van der Waals surface area contributed by atoms with Crippen molar-refractivity contribution in [2.45, 2.75) is 25.1 Å². The number of pyridine rings is 1. The lowest BCUT2D eigenvalue weighted by Gasteiger charge is -2.35. The molecule has 1 aliphatic rings. The fourth-order valence-electron chi connectivity index (χ4n) is 3.52. The van der Waals surface area contributed by atoms with Crippen molar-refractivity contribution in [3.8, 4) is 10.6 Å². The predicted molar refractivity (Wildman–Crippen MR) is 109 cm³/mol. The molecule has 5 nitrogen and oxygen atoms in total. The standard InChI is InChI=1S/C21H19F3N4OS/c22-13-5-7-28(10-16(13)25)18-4-6-26-9-12(18)8-19(29)17-11-30-21(27-17)20-14(23)2-1-3-15(20)24/h1-4,6,9,11,13,16H,5,7-8,10,25H2/t13-,16-/m1/s1. The van der Waals surface area contributed by atoms with Crippen LogP contribution in [0.2, 0.25) is 0 Å². The van der Waals surface area contributed by atoms with Crippen LogP contribution in [0.1, 0.15) is 22.5 Å². The summed E-state index contributed by atoms with van der Waals surface area (Å²) < 4.78 is 41.7. The first-order chi connectivity index (χ1) is 14.4. The van der Waals surface area contributed by atoms with Gasteiger partial charge in [0.05, 0.1) is 11.6 Å². The minimum Gasteiger partial charge on any atom is -0.369 e. The molecule has 3 heterocycles. The van der Waals surface area contributed by atoms with Crippen molar-refractivity contribution in [2.24, 2.45) is 5.73 Å². The summed E-state index contributed by atoms with van der Waals surface area (Å²) in [5.74, 6) is -1.76. The van der Waals surface area contributed by atoms with E-state index < -0.39 is 23.8 Å². The molecular formula is C21H19F3N4OS. The van der Waals surface area contributed by atoms with Gasteiger partial charge in [0.2, 0.25) is 0 Å². The fourth-order valence-corrected chi connectivity index (χ4v) is 4.39. The quantitative estimate of drug-likeness (QED) is 0.622. The van der Waals surface area contributed by atoms with Gasteiger partial charge in [0, 0.05) is 48.5 Å². The van der Waals surface area contributed by atoms with Gasteiger partial charge in [-0.15, -0.1) is 11.3 Å². The maximum absolute atomic E-state index is 14.0. The maximum Gasteiger partial charge on any atom is 0.186 e. The fraction of sp³-hybridized carbons (Fsp3) is 0.286. The summed E-state index contributed by atoms with van der Waals surface area (Å²) in [6, 6.07) is 4.75. The number of thiazole rings is 1. The molecule has 0 aliphatic carbocycles. The number of carbonyl (C=O) groups is 1. The van der Waals surface area contributed by atoms with Crippen molar-refractivity contribution in [1.29, 1.82) is 0 Å². The lowest BCUT2D eigenvalue weighted by atomic mass is 10.0. The van der Waals surface area contributed by atoms with Gasteiger partial charge in [0.1, 0.15) is 28.5 Å². The largest absolute Gasteiger partial charge is 0.369 e. The molecule has 1 aromatic carbocycles. The van der Waals surface area contributed by atoms with E-state index in [1.807, 2.05) is 4.90 Å². The number of nitrogens with two attached hydrogens (primary N) is 1. The highest BCUT2D eigenvalue weighted by atomic mass is 32.1. The average molecular weight is 432 g/mol. The first kappa shape index (κ1) is 20.5. The molecule has 156 valence electrons. The number of benzene rings is 1. The Balaban J connectivity index is 1.55. The number of rotatable bonds is 5. The van der Waals surface area contributed by atoms with Crippen LogP contribution in [0.4, 0.5) is 18.9 Å². The number of nitrogens with zero attached hydrogens (tertiary/aromatic N) is 3. The molecule has 1 aliphatic heterocycles. The summed E-state index contributed by atoms with van der Waals surface area (Å²) >= 11 is 1.01. The van der Waals surface area contributed by atoms with Crippen molar-refractivity contribution in [2.75, 3.05) is 18.0 Å². The molecular weight excluding hydrogens is 413 g/mol. The number of hydrogen-bond donors (Lipinski definition) is 1. The summed E-state index contributed by atoms with van der Waals surface area (Å²) in [6.07, 6.45) is 2.49. The smallest absolute Gasteiger partial charge is 0.186 e. The van der Waals surface area contributed by atoms with Crippen LogP contribution in [0.25, 0.3) is 10.6 Å². The molecule has 1 saturated heterocycles.